The fourth-order valence-corrected chi connectivity index (χ4v) is 11.3. The highest BCUT2D eigenvalue weighted by atomic mass is 16.3. The lowest BCUT2D eigenvalue weighted by Crippen LogP contribution is -2.17. The predicted octanol–water partition coefficient (Wildman–Crippen LogP) is 20.6. The van der Waals surface area contributed by atoms with Crippen LogP contribution in [0.15, 0.2) is 207 Å². The normalized spacial score (nSPS) is 12.6. The number of phenols is 1. The van der Waals surface area contributed by atoms with Gasteiger partial charge in [0.15, 0.2) is 0 Å². The van der Waals surface area contributed by atoms with Gasteiger partial charge in [0, 0.05) is 53.9 Å². The van der Waals surface area contributed by atoms with Crippen molar-refractivity contribution in [3.05, 3.63) is 234 Å². The van der Waals surface area contributed by atoms with Crippen LogP contribution in [0.5, 0.6) is 5.75 Å². The maximum Gasteiger partial charge on any atom is 0.144 e. The molecule has 0 fully saturated rings. The summed E-state index contributed by atoms with van der Waals surface area (Å²) in [6.07, 6.45) is 3.88. The van der Waals surface area contributed by atoms with Crippen LogP contribution >= 0.6 is 0 Å². The SMILES string of the molecule is C=C/C(=C(\C)N(C)c1ccccc1)c1ccnc(-c2cc(-c3cc(C(C)(C)C)ccc3-c3ccccc3)cc(-c3cc(-c4cc(C(C)(C)C)ccc4-c4ccccc4)cc4c3nc(-c3cc(C(C)(C)C)cc(C(C)(C)C)c3O)n4C)c2)c1. The number of anilines is 1. The molecular formula is C77H80N4O. The van der Waals surface area contributed by atoms with E-state index in [1.54, 1.807) is 0 Å². The number of rotatable bonds is 11. The van der Waals surface area contributed by atoms with E-state index in [0.717, 1.165) is 112 Å². The zero-order valence-electron chi connectivity index (χ0n) is 50.9. The molecule has 0 saturated carbocycles. The molecule has 0 atom stereocenters. The summed E-state index contributed by atoms with van der Waals surface area (Å²) in [6.45, 7) is 33.4. The van der Waals surface area contributed by atoms with Crippen LogP contribution in [0.1, 0.15) is 118 Å². The van der Waals surface area contributed by atoms with E-state index in [1.165, 1.54) is 11.1 Å². The Bertz CT molecular complexity index is 4060. The Kier molecular flexibility index (Phi) is 15.0. The third-order valence-corrected chi connectivity index (χ3v) is 16.4. The summed E-state index contributed by atoms with van der Waals surface area (Å²) in [7, 11) is 4.21. The van der Waals surface area contributed by atoms with Crippen molar-refractivity contribution in [1.29, 1.82) is 0 Å². The largest absolute Gasteiger partial charge is 0.507 e. The van der Waals surface area contributed by atoms with Crippen molar-refractivity contribution in [2.45, 2.75) is 112 Å². The average Bonchev–Trinajstić information content (AvgIpc) is 2.56. The Morgan fingerprint density at radius 1 is 0.488 bits per heavy atom. The number of benzene rings is 8. The maximum atomic E-state index is 12.6. The highest BCUT2D eigenvalue weighted by molar-refractivity contribution is 6.02. The first-order chi connectivity index (χ1) is 38.8. The highest BCUT2D eigenvalue weighted by Gasteiger charge is 2.29. The van der Waals surface area contributed by atoms with Crippen LogP contribution in [-0.4, -0.2) is 26.7 Å². The number of aromatic nitrogens is 3. The molecule has 0 spiro atoms. The van der Waals surface area contributed by atoms with Crippen LogP contribution < -0.4 is 4.90 Å². The quantitative estimate of drug-likeness (QED) is 0.131. The minimum atomic E-state index is -0.335. The molecule has 82 heavy (non-hydrogen) atoms. The maximum absolute atomic E-state index is 12.6. The first kappa shape index (κ1) is 56.7. The first-order valence-electron chi connectivity index (χ1n) is 28.8. The third-order valence-electron chi connectivity index (χ3n) is 16.4. The molecule has 0 radical (unpaired) electrons. The van der Waals surface area contributed by atoms with Crippen molar-refractivity contribution in [3.8, 4) is 84.0 Å². The second-order valence-electron chi connectivity index (χ2n) is 26.4. The topological polar surface area (TPSA) is 54.2 Å². The van der Waals surface area contributed by atoms with Gasteiger partial charge in [-0.3, -0.25) is 4.98 Å². The molecule has 2 aromatic heterocycles. The molecule has 1 N–H and O–H groups in total. The van der Waals surface area contributed by atoms with Crippen molar-refractivity contribution in [2.24, 2.45) is 7.05 Å². The van der Waals surface area contributed by atoms with E-state index in [4.69, 9.17) is 9.97 Å². The molecule has 414 valence electrons. The number of hydrogen-bond acceptors (Lipinski definition) is 4. The van der Waals surface area contributed by atoms with Gasteiger partial charge >= 0.3 is 0 Å². The van der Waals surface area contributed by atoms with Crippen LogP contribution in [0, 0.1) is 0 Å². The van der Waals surface area contributed by atoms with Gasteiger partial charge < -0.3 is 14.6 Å². The number of aromatic hydroxyl groups is 1. The van der Waals surface area contributed by atoms with E-state index in [0.29, 0.717) is 11.4 Å². The number of allylic oxidation sites excluding steroid dienone is 3. The monoisotopic (exact) mass is 1080 g/mol. The molecule has 5 heteroatoms. The zero-order chi connectivity index (χ0) is 58.6. The van der Waals surface area contributed by atoms with Crippen LogP contribution in [0.4, 0.5) is 5.69 Å². The van der Waals surface area contributed by atoms with Crippen molar-refractivity contribution in [1.82, 2.24) is 14.5 Å². The smallest absolute Gasteiger partial charge is 0.144 e. The van der Waals surface area contributed by atoms with Gasteiger partial charge in [0.05, 0.1) is 22.3 Å². The van der Waals surface area contributed by atoms with Crippen molar-refractivity contribution >= 4 is 22.3 Å². The van der Waals surface area contributed by atoms with E-state index >= 15 is 0 Å². The number of nitrogens with zero attached hydrogens (tertiary/aromatic N) is 4. The molecule has 0 saturated heterocycles. The summed E-state index contributed by atoms with van der Waals surface area (Å²) in [5.41, 5.74) is 23.2. The third kappa shape index (κ3) is 11.3. The van der Waals surface area contributed by atoms with Gasteiger partial charge in [-0.1, -0.05) is 211 Å². The molecule has 0 aliphatic heterocycles. The van der Waals surface area contributed by atoms with Gasteiger partial charge in [-0.25, -0.2) is 4.98 Å². The van der Waals surface area contributed by atoms with Gasteiger partial charge in [0.25, 0.3) is 0 Å². The molecule has 2 heterocycles. The van der Waals surface area contributed by atoms with Gasteiger partial charge in [-0.05, 0) is 168 Å². The van der Waals surface area contributed by atoms with Gasteiger partial charge in [-0.15, -0.1) is 0 Å². The molecule has 10 aromatic rings. The fourth-order valence-electron chi connectivity index (χ4n) is 11.3. The average molecular weight is 1080 g/mol. The van der Waals surface area contributed by atoms with Gasteiger partial charge in [0.1, 0.15) is 11.6 Å². The summed E-state index contributed by atoms with van der Waals surface area (Å²) >= 11 is 0. The zero-order valence-corrected chi connectivity index (χ0v) is 50.9. The highest BCUT2D eigenvalue weighted by Crippen LogP contribution is 2.47. The van der Waals surface area contributed by atoms with Gasteiger partial charge in [0.2, 0.25) is 0 Å². The predicted molar refractivity (Wildman–Crippen MR) is 351 cm³/mol. The molecule has 8 aromatic carbocycles. The summed E-state index contributed by atoms with van der Waals surface area (Å²) in [5.74, 6) is 0.953. The van der Waals surface area contributed by atoms with Crippen LogP contribution in [0.3, 0.4) is 0 Å². The fraction of sp³-hybridized carbons (Fsp3) is 0.247. The standard InChI is InChI=1S/C77H80N4O/c1-17-61(49(2)80(15)60-31-25-20-26-32-60)52-37-38-78-69(43-52)56-40-53(64-45-57(74(3,4)5)33-35-62(64)50-27-21-18-22-28-50)39-54(41-56)66-42-55(65-46-58(75(6,7)8)34-36-63(65)51-29-23-19-24-30-51)44-70-71(66)79-73(81(70)16)67-47-59(76(9,10)11)48-68(72(67)82)77(12,13)14/h17-48,82H,1H2,2-16H3/b61-49-. The van der Waals surface area contributed by atoms with Crippen molar-refractivity contribution < 1.29 is 5.11 Å². The van der Waals surface area contributed by atoms with Crippen LogP contribution in [-0.2, 0) is 28.7 Å². The lowest BCUT2D eigenvalue weighted by Gasteiger charge is -2.27. The number of phenolic OH excluding ortho intramolecular Hbond substituents is 1. The first-order valence-corrected chi connectivity index (χ1v) is 28.8. The van der Waals surface area contributed by atoms with Crippen LogP contribution in [0.25, 0.3) is 94.9 Å². The number of aryl methyl sites for hydroxylation is 1. The van der Waals surface area contributed by atoms with E-state index in [-0.39, 0.29) is 27.4 Å². The summed E-state index contributed by atoms with van der Waals surface area (Å²) in [5, 5.41) is 12.6. The van der Waals surface area contributed by atoms with E-state index < -0.39 is 0 Å². The number of hydrogen-bond donors (Lipinski definition) is 1. The molecule has 0 amide bonds. The molecule has 0 unspecified atom stereocenters. The molecule has 0 aliphatic rings. The Morgan fingerprint density at radius 2 is 0.976 bits per heavy atom. The summed E-state index contributed by atoms with van der Waals surface area (Å²) in [4.78, 5) is 13.2. The van der Waals surface area contributed by atoms with Gasteiger partial charge in [-0.2, -0.15) is 0 Å². The summed E-state index contributed by atoms with van der Waals surface area (Å²) < 4.78 is 2.19. The Morgan fingerprint density at radius 3 is 1.49 bits per heavy atom. The second-order valence-corrected chi connectivity index (χ2v) is 26.4. The molecule has 10 rings (SSSR count). The minimum Gasteiger partial charge on any atom is -0.507 e. The number of fused-ring (bicyclic) bond motifs is 1. The molecular weight excluding hydrogens is 997 g/mol. The Hall–Kier alpha value is -8.54. The molecule has 5 nitrogen and oxygen atoms in total. The number of pyridine rings is 1. The van der Waals surface area contributed by atoms with E-state index in [2.05, 4.69) is 296 Å². The van der Waals surface area contributed by atoms with E-state index in [1.807, 2.05) is 18.3 Å². The second kappa shape index (κ2) is 21.7. The minimum absolute atomic E-state index is 0.115. The number of imidazole rings is 1. The molecule has 0 bridgehead atoms. The Labute approximate surface area is 488 Å². The van der Waals surface area contributed by atoms with Crippen molar-refractivity contribution in [2.75, 3.05) is 11.9 Å². The lowest BCUT2D eigenvalue weighted by atomic mass is 9.79. The number of para-hydroxylation sites is 1. The van der Waals surface area contributed by atoms with E-state index in [9.17, 15) is 5.11 Å². The Balaban J connectivity index is 1.33. The lowest BCUT2D eigenvalue weighted by molar-refractivity contribution is 0.446. The van der Waals surface area contributed by atoms with Crippen molar-refractivity contribution in [3.63, 3.8) is 0 Å². The molecule has 0 aliphatic carbocycles. The summed E-state index contributed by atoms with van der Waals surface area (Å²) in [6, 6.07) is 66.1. The van der Waals surface area contributed by atoms with Crippen LogP contribution in [0.2, 0.25) is 0 Å².